The number of carbonyl (C=O) groups is 1. The normalized spacial score (nSPS) is 11.6. The van der Waals surface area contributed by atoms with Gasteiger partial charge in [0.2, 0.25) is 0 Å². The number of halogens is 3. The monoisotopic (exact) mass is 269 g/mol. The maximum atomic E-state index is 12.4. The standard InChI is InChI=1S/C12H9F3N2O2/c1-17-10(6-9(16-17)11(18)19)7-2-4-8(5-3-7)12(13,14)15/h2-6H,1H3,(H,18,19)/p-1. The van der Waals surface area contributed by atoms with Crippen molar-refractivity contribution in [1.29, 1.82) is 0 Å². The number of hydrogen-bond donors (Lipinski definition) is 0. The molecular weight excluding hydrogens is 261 g/mol. The minimum atomic E-state index is -4.40. The maximum absolute atomic E-state index is 12.4. The second kappa shape index (κ2) is 4.42. The van der Waals surface area contributed by atoms with E-state index in [1.807, 2.05) is 0 Å². The fourth-order valence-electron chi connectivity index (χ4n) is 1.67. The molecule has 0 unspecified atom stereocenters. The molecule has 100 valence electrons. The number of carboxylic acid groups (broad SMARTS) is 1. The highest BCUT2D eigenvalue weighted by molar-refractivity contribution is 5.85. The quantitative estimate of drug-likeness (QED) is 0.829. The third-order valence-corrected chi connectivity index (χ3v) is 2.60. The number of aryl methyl sites for hydroxylation is 1. The Kier molecular flexibility index (Phi) is 3.05. The maximum Gasteiger partial charge on any atom is 0.416 e. The van der Waals surface area contributed by atoms with E-state index in [-0.39, 0.29) is 5.69 Å². The number of aromatic nitrogens is 2. The molecule has 4 nitrogen and oxygen atoms in total. The van der Waals surface area contributed by atoms with Gasteiger partial charge in [0.25, 0.3) is 0 Å². The molecule has 0 atom stereocenters. The zero-order valence-electron chi connectivity index (χ0n) is 9.73. The van der Waals surface area contributed by atoms with Gasteiger partial charge < -0.3 is 9.90 Å². The summed E-state index contributed by atoms with van der Waals surface area (Å²) in [5, 5.41) is 14.3. The van der Waals surface area contributed by atoms with Crippen molar-refractivity contribution < 1.29 is 23.1 Å². The van der Waals surface area contributed by atoms with Crippen LogP contribution in [-0.2, 0) is 13.2 Å². The van der Waals surface area contributed by atoms with Crippen LogP contribution in [0.1, 0.15) is 16.1 Å². The molecule has 0 amide bonds. The van der Waals surface area contributed by atoms with E-state index in [1.165, 1.54) is 29.9 Å². The molecule has 0 aliphatic rings. The Labute approximate surface area is 106 Å². The Morgan fingerprint density at radius 3 is 2.26 bits per heavy atom. The Hall–Kier alpha value is -2.31. The molecule has 2 rings (SSSR count). The van der Waals surface area contributed by atoms with Crippen LogP contribution in [-0.4, -0.2) is 15.7 Å². The molecule has 0 bridgehead atoms. The molecule has 0 saturated carbocycles. The summed E-state index contributed by atoms with van der Waals surface area (Å²) in [4.78, 5) is 10.6. The molecule has 0 N–H and O–H groups in total. The lowest BCUT2D eigenvalue weighted by Crippen LogP contribution is -2.22. The highest BCUT2D eigenvalue weighted by Crippen LogP contribution is 2.30. The third-order valence-electron chi connectivity index (χ3n) is 2.60. The van der Waals surface area contributed by atoms with E-state index in [0.717, 1.165) is 12.1 Å². The van der Waals surface area contributed by atoms with Crippen LogP contribution in [0.3, 0.4) is 0 Å². The second-order valence-electron chi connectivity index (χ2n) is 3.90. The molecule has 0 fully saturated rings. The molecule has 1 heterocycles. The summed E-state index contributed by atoms with van der Waals surface area (Å²) >= 11 is 0. The lowest BCUT2D eigenvalue weighted by molar-refractivity contribution is -0.255. The summed E-state index contributed by atoms with van der Waals surface area (Å²) < 4.78 is 38.5. The van der Waals surface area contributed by atoms with Gasteiger partial charge in [-0.05, 0) is 23.8 Å². The van der Waals surface area contributed by atoms with E-state index in [0.29, 0.717) is 11.3 Å². The van der Waals surface area contributed by atoms with Crippen LogP contribution in [0.2, 0.25) is 0 Å². The first kappa shape index (κ1) is 13.1. The van der Waals surface area contributed by atoms with Gasteiger partial charge in [0.1, 0.15) is 5.69 Å². The van der Waals surface area contributed by atoms with Crippen LogP contribution in [0.4, 0.5) is 13.2 Å². The van der Waals surface area contributed by atoms with Gasteiger partial charge in [-0.3, -0.25) is 4.68 Å². The molecule has 0 saturated heterocycles. The van der Waals surface area contributed by atoms with Crippen LogP contribution in [0.15, 0.2) is 30.3 Å². The average molecular weight is 269 g/mol. The Bertz CT molecular complexity index is 615. The van der Waals surface area contributed by atoms with Crippen molar-refractivity contribution in [2.24, 2.45) is 7.05 Å². The van der Waals surface area contributed by atoms with Crippen molar-refractivity contribution in [3.05, 3.63) is 41.6 Å². The van der Waals surface area contributed by atoms with Crippen molar-refractivity contribution in [2.45, 2.75) is 6.18 Å². The summed E-state index contributed by atoms with van der Waals surface area (Å²) in [6.45, 7) is 0. The van der Waals surface area contributed by atoms with E-state index < -0.39 is 17.7 Å². The second-order valence-corrected chi connectivity index (χ2v) is 3.90. The predicted molar refractivity (Wildman–Crippen MR) is 58.0 cm³/mol. The first-order valence-electron chi connectivity index (χ1n) is 5.22. The molecule has 0 spiro atoms. The number of alkyl halides is 3. The number of rotatable bonds is 2. The van der Waals surface area contributed by atoms with E-state index in [1.54, 1.807) is 0 Å². The van der Waals surface area contributed by atoms with Crippen molar-refractivity contribution >= 4 is 5.97 Å². The van der Waals surface area contributed by atoms with Gasteiger partial charge in [-0.1, -0.05) is 12.1 Å². The van der Waals surface area contributed by atoms with Gasteiger partial charge in [-0.2, -0.15) is 18.3 Å². The number of aromatic carboxylic acids is 1. The van der Waals surface area contributed by atoms with Gasteiger partial charge in [0.15, 0.2) is 0 Å². The zero-order valence-corrected chi connectivity index (χ0v) is 9.73. The molecule has 0 aliphatic carbocycles. The summed E-state index contributed by atoms with van der Waals surface area (Å²) in [7, 11) is 1.50. The molecule has 7 heteroatoms. The van der Waals surface area contributed by atoms with Crippen molar-refractivity contribution in [2.75, 3.05) is 0 Å². The molecule has 0 radical (unpaired) electrons. The number of benzene rings is 1. The van der Waals surface area contributed by atoms with Crippen LogP contribution in [0.25, 0.3) is 11.3 Å². The molecule has 0 aliphatic heterocycles. The summed E-state index contributed by atoms with van der Waals surface area (Å²) in [6.07, 6.45) is -4.40. The topological polar surface area (TPSA) is 58.0 Å². The van der Waals surface area contributed by atoms with Gasteiger partial charge in [0.05, 0.1) is 17.2 Å². The van der Waals surface area contributed by atoms with Crippen LogP contribution >= 0.6 is 0 Å². The Balaban J connectivity index is 2.40. The van der Waals surface area contributed by atoms with Crippen molar-refractivity contribution in [3.63, 3.8) is 0 Å². The largest absolute Gasteiger partial charge is 0.543 e. The van der Waals surface area contributed by atoms with Crippen LogP contribution in [0.5, 0.6) is 0 Å². The average Bonchev–Trinajstić information content (AvgIpc) is 2.70. The molecule has 2 aromatic rings. The van der Waals surface area contributed by atoms with Crippen molar-refractivity contribution in [1.82, 2.24) is 9.78 Å². The smallest absolute Gasteiger partial charge is 0.416 e. The highest BCUT2D eigenvalue weighted by atomic mass is 19.4. The molecule has 1 aromatic heterocycles. The SMILES string of the molecule is Cn1nc(C(=O)[O-])cc1-c1ccc(C(F)(F)F)cc1. The van der Waals surface area contributed by atoms with Gasteiger partial charge >= 0.3 is 6.18 Å². The summed E-state index contributed by atoms with van der Waals surface area (Å²) in [6, 6.07) is 5.64. The minimum absolute atomic E-state index is 0.266. The number of carbonyl (C=O) groups excluding carboxylic acids is 1. The van der Waals surface area contributed by atoms with Gasteiger partial charge in [0, 0.05) is 7.05 Å². The van der Waals surface area contributed by atoms with E-state index >= 15 is 0 Å². The lowest BCUT2D eigenvalue weighted by atomic mass is 10.1. The van der Waals surface area contributed by atoms with E-state index in [2.05, 4.69) is 5.10 Å². The highest BCUT2D eigenvalue weighted by Gasteiger charge is 2.30. The first-order valence-corrected chi connectivity index (χ1v) is 5.22. The van der Waals surface area contributed by atoms with Gasteiger partial charge in [-0.25, -0.2) is 0 Å². The number of nitrogens with zero attached hydrogens (tertiary/aromatic N) is 2. The number of hydrogen-bond acceptors (Lipinski definition) is 3. The molecular formula is C12H8F3N2O2-. The predicted octanol–water partition coefficient (Wildman–Crippen LogP) is 1.47. The fourth-order valence-corrected chi connectivity index (χ4v) is 1.67. The minimum Gasteiger partial charge on any atom is -0.543 e. The zero-order chi connectivity index (χ0) is 14.2. The third kappa shape index (κ3) is 2.59. The molecule has 1 aromatic carbocycles. The Morgan fingerprint density at radius 1 is 1.26 bits per heavy atom. The fraction of sp³-hybridized carbons (Fsp3) is 0.167. The van der Waals surface area contributed by atoms with E-state index in [4.69, 9.17) is 0 Å². The lowest BCUT2D eigenvalue weighted by Gasteiger charge is -2.07. The van der Waals surface area contributed by atoms with Crippen LogP contribution < -0.4 is 5.11 Å². The number of carboxylic acids is 1. The summed E-state index contributed by atoms with van der Waals surface area (Å²) in [5.74, 6) is -1.44. The van der Waals surface area contributed by atoms with Crippen LogP contribution in [0, 0.1) is 0 Å². The van der Waals surface area contributed by atoms with E-state index in [9.17, 15) is 23.1 Å². The summed E-state index contributed by atoms with van der Waals surface area (Å²) in [5.41, 5.74) is -0.195. The van der Waals surface area contributed by atoms with Crippen molar-refractivity contribution in [3.8, 4) is 11.3 Å². The first-order chi connectivity index (χ1) is 8.79. The molecule has 19 heavy (non-hydrogen) atoms. The Morgan fingerprint density at radius 2 is 1.84 bits per heavy atom. The van der Waals surface area contributed by atoms with Gasteiger partial charge in [-0.15, -0.1) is 0 Å².